The zero-order chi connectivity index (χ0) is 19.6. The number of carboxylic acid groups (broad SMARTS) is 1. The van der Waals surface area contributed by atoms with Crippen molar-refractivity contribution >= 4 is 22.8 Å². The van der Waals surface area contributed by atoms with Crippen LogP contribution < -0.4 is 5.32 Å². The lowest BCUT2D eigenvalue weighted by Gasteiger charge is -2.24. The molecule has 1 aromatic carbocycles. The average molecular weight is 369 g/mol. The standard InChI is InChI=1S/C18H19N5O4/c1-11-14(16(24)20-18(2,10-27-3)17(25)26)21-22-23(11)13-8-4-6-12-7-5-9-19-15(12)13/h4-9H,10H2,1-3H3,(H,20,24)(H,25,26). The molecular weight excluding hydrogens is 350 g/mol. The van der Waals surface area contributed by atoms with E-state index in [0.717, 1.165) is 10.9 Å². The van der Waals surface area contributed by atoms with Crippen LogP contribution >= 0.6 is 0 Å². The summed E-state index contributed by atoms with van der Waals surface area (Å²) in [6, 6.07) is 9.37. The second-order valence-corrected chi connectivity index (χ2v) is 6.31. The van der Waals surface area contributed by atoms with Gasteiger partial charge in [0.15, 0.2) is 11.2 Å². The fourth-order valence-electron chi connectivity index (χ4n) is 2.78. The molecule has 0 aliphatic carbocycles. The molecule has 0 saturated carbocycles. The number of benzene rings is 1. The van der Waals surface area contributed by atoms with Crippen molar-refractivity contribution in [2.24, 2.45) is 0 Å². The number of aromatic nitrogens is 4. The molecule has 2 aromatic heterocycles. The predicted molar refractivity (Wildman–Crippen MR) is 96.8 cm³/mol. The third-order valence-corrected chi connectivity index (χ3v) is 4.24. The number of carboxylic acids is 1. The summed E-state index contributed by atoms with van der Waals surface area (Å²) in [4.78, 5) is 28.5. The van der Waals surface area contributed by atoms with Gasteiger partial charge in [-0.25, -0.2) is 9.48 Å². The molecular formula is C18H19N5O4. The Morgan fingerprint density at radius 3 is 2.74 bits per heavy atom. The van der Waals surface area contributed by atoms with E-state index in [-0.39, 0.29) is 12.3 Å². The maximum absolute atomic E-state index is 12.6. The molecule has 0 aliphatic rings. The van der Waals surface area contributed by atoms with Gasteiger partial charge in [0, 0.05) is 18.7 Å². The molecule has 0 spiro atoms. The number of rotatable bonds is 6. The number of nitrogens with one attached hydrogen (secondary N) is 1. The first-order valence-electron chi connectivity index (χ1n) is 8.18. The Morgan fingerprint density at radius 2 is 2.04 bits per heavy atom. The summed E-state index contributed by atoms with van der Waals surface area (Å²) in [5.74, 6) is -1.85. The number of hydrogen-bond donors (Lipinski definition) is 2. The van der Waals surface area contributed by atoms with E-state index in [1.165, 1.54) is 18.7 Å². The van der Waals surface area contributed by atoms with Gasteiger partial charge in [-0.2, -0.15) is 0 Å². The Labute approximate surface area is 155 Å². The number of carbonyl (C=O) groups excluding carboxylic acids is 1. The summed E-state index contributed by atoms with van der Waals surface area (Å²) < 4.78 is 6.43. The number of carbonyl (C=O) groups is 2. The van der Waals surface area contributed by atoms with Gasteiger partial charge in [-0.05, 0) is 26.0 Å². The van der Waals surface area contributed by atoms with Crippen LogP contribution in [0.25, 0.3) is 16.6 Å². The van der Waals surface area contributed by atoms with Crippen molar-refractivity contribution in [3.05, 3.63) is 47.9 Å². The molecule has 0 radical (unpaired) electrons. The van der Waals surface area contributed by atoms with E-state index in [4.69, 9.17) is 4.74 Å². The van der Waals surface area contributed by atoms with Crippen molar-refractivity contribution in [1.29, 1.82) is 0 Å². The molecule has 3 aromatic rings. The molecule has 2 heterocycles. The first-order valence-corrected chi connectivity index (χ1v) is 8.18. The Bertz CT molecular complexity index is 1010. The molecule has 140 valence electrons. The fourth-order valence-corrected chi connectivity index (χ4v) is 2.78. The van der Waals surface area contributed by atoms with Gasteiger partial charge in [0.1, 0.15) is 0 Å². The minimum Gasteiger partial charge on any atom is -0.479 e. The second-order valence-electron chi connectivity index (χ2n) is 6.31. The lowest BCUT2D eigenvalue weighted by Crippen LogP contribution is -2.55. The van der Waals surface area contributed by atoms with Crippen LogP contribution in [0.2, 0.25) is 0 Å². The van der Waals surface area contributed by atoms with E-state index in [0.29, 0.717) is 11.4 Å². The van der Waals surface area contributed by atoms with Gasteiger partial charge >= 0.3 is 5.97 Å². The summed E-state index contributed by atoms with van der Waals surface area (Å²) in [5.41, 5.74) is 0.315. The van der Waals surface area contributed by atoms with Crippen LogP contribution in [0.15, 0.2) is 36.5 Å². The number of hydrogen-bond acceptors (Lipinski definition) is 6. The zero-order valence-corrected chi connectivity index (χ0v) is 15.1. The molecule has 1 amide bonds. The third kappa shape index (κ3) is 3.36. The van der Waals surface area contributed by atoms with E-state index in [9.17, 15) is 14.7 Å². The van der Waals surface area contributed by atoms with Gasteiger partial charge in [-0.3, -0.25) is 9.78 Å². The van der Waals surface area contributed by atoms with Gasteiger partial charge in [0.2, 0.25) is 0 Å². The maximum Gasteiger partial charge on any atom is 0.331 e. The number of nitrogens with zero attached hydrogens (tertiary/aromatic N) is 4. The molecule has 9 heteroatoms. The van der Waals surface area contributed by atoms with Crippen molar-refractivity contribution in [2.45, 2.75) is 19.4 Å². The SMILES string of the molecule is COCC(C)(NC(=O)c1nnn(-c2cccc3cccnc23)c1C)C(=O)O. The highest BCUT2D eigenvalue weighted by Crippen LogP contribution is 2.21. The molecule has 0 bridgehead atoms. The number of fused-ring (bicyclic) bond motifs is 1. The van der Waals surface area contributed by atoms with Gasteiger partial charge in [0.05, 0.1) is 23.5 Å². The molecule has 2 N–H and O–H groups in total. The molecule has 3 rings (SSSR count). The molecule has 0 fully saturated rings. The van der Waals surface area contributed by atoms with Crippen LogP contribution in [0.3, 0.4) is 0 Å². The number of methoxy groups -OCH3 is 1. The van der Waals surface area contributed by atoms with Crippen LogP contribution in [0.5, 0.6) is 0 Å². The van der Waals surface area contributed by atoms with E-state index >= 15 is 0 Å². The molecule has 27 heavy (non-hydrogen) atoms. The monoisotopic (exact) mass is 369 g/mol. The third-order valence-electron chi connectivity index (χ3n) is 4.24. The first-order chi connectivity index (χ1) is 12.9. The van der Waals surface area contributed by atoms with Gasteiger partial charge < -0.3 is 15.2 Å². The smallest absolute Gasteiger partial charge is 0.331 e. The summed E-state index contributed by atoms with van der Waals surface area (Å²) in [7, 11) is 1.36. The maximum atomic E-state index is 12.6. The van der Waals surface area contributed by atoms with E-state index in [1.54, 1.807) is 13.1 Å². The minimum absolute atomic E-state index is 0.0338. The Balaban J connectivity index is 1.98. The molecule has 0 saturated heterocycles. The summed E-state index contributed by atoms with van der Waals surface area (Å²) in [5, 5.41) is 20.8. The van der Waals surface area contributed by atoms with E-state index < -0.39 is 17.4 Å². The first kappa shape index (κ1) is 18.5. The largest absolute Gasteiger partial charge is 0.479 e. The summed E-state index contributed by atoms with van der Waals surface area (Å²) in [6.07, 6.45) is 1.68. The Hall–Kier alpha value is -3.33. The molecule has 1 atom stereocenters. The molecule has 9 nitrogen and oxygen atoms in total. The van der Waals surface area contributed by atoms with Crippen molar-refractivity contribution in [3.63, 3.8) is 0 Å². The van der Waals surface area contributed by atoms with Crippen LogP contribution in [-0.4, -0.2) is 56.2 Å². The zero-order valence-electron chi connectivity index (χ0n) is 15.1. The van der Waals surface area contributed by atoms with Crippen molar-refractivity contribution in [2.75, 3.05) is 13.7 Å². The molecule has 0 aliphatic heterocycles. The van der Waals surface area contributed by atoms with Crippen molar-refractivity contribution in [3.8, 4) is 5.69 Å². The minimum atomic E-state index is -1.58. The summed E-state index contributed by atoms with van der Waals surface area (Å²) in [6.45, 7) is 2.87. The number of para-hydroxylation sites is 1. The number of pyridine rings is 1. The highest BCUT2D eigenvalue weighted by molar-refractivity contribution is 5.97. The van der Waals surface area contributed by atoms with E-state index in [1.807, 2.05) is 30.3 Å². The van der Waals surface area contributed by atoms with Crippen LogP contribution in [0.4, 0.5) is 0 Å². The quantitative estimate of drug-likeness (QED) is 0.673. The number of amides is 1. The van der Waals surface area contributed by atoms with Crippen LogP contribution in [0.1, 0.15) is 23.1 Å². The number of aliphatic carboxylic acids is 1. The highest BCUT2D eigenvalue weighted by Gasteiger charge is 2.36. The Kier molecular flexibility index (Phi) is 4.87. The number of ether oxygens (including phenoxy) is 1. The van der Waals surface area contributed by atoms with Gasteiger partial charge in [0.25, 0.3) is 5.91 Å². The lowest BCUT2D eigenvalue weighted by atomic mass is 10.0. The lowest BCUT2D eigenvalue weighted by molar-refractivity contribution is -0.145. The molecule has 1 unspecified atom stereocenters. The van der Waals surface area contributed by atoms with Crippen LogP contribution in [-0.2, 0) is 9.53 Å². The Morgan fingerprint density at radius 1 is 1.30 bits per heavy atom. The van der Waals surface area contributed by atoms with Crippen molar-refractivity contribution < 1.29 is 19.4 Å². The van der Waals surface area contributed by atoms with Gasteiger partial charge in [-0.1, -0.05) is 23.4 Å². The van der Waals surface area contributed by atoms with Crippen LogP contribution in [0, 0.1) is 6.92 Å². The fraction of sp³-hybridized carbons (Fsp3) is 0.278. The van der Waals surface area contributed by atoms with Gasteiger partial charge in [-0.15, -0.1) is 5.10 Å². The summed E-state index contributed by atoms with van der Waals surface area (Å²) >= 11 is 0. The van der Waals surface area contributed by atoms with Crippen molar-refractivity contribution in [1.82, 2.24) is 25.3 Å². The predicted octanol–water partition coefficient (Wildman–Crippen LogP) is 1.34. The second kappa shape index (κ2) is 7.12. The highest BCUT2D eigenvalue weighted by atomic mass is 16.5. The topological polar surface area (TPSA) is 119 Å². The normalized spacial score (nSPS) is 13.3. The van der Waals surface area contributed by atoms with E-state index in [2.05, 4.69) is 20.6 Å². The average Bonchev–Trinajstić information content (AvgIpc) is 3.02.